The second-order valence-electron chi connectivity index (χ2n) is 2.82. The molecule has 0 fully saturated rings. The van der Waals surface area contributed by atoms with Gasteiger partial charge in [-0.2, -0.15) is 0 Å². The highest BCUT2D eigenvalue weighted by molar-refractivity contribution is 6.29. The summed E-state index contributed by atoms with van der Waals surface area (Å²) in [5, 5.41) is 8.94. The quantitative estimate of drug-likeness (QED) is 0.758. The van der Waals surface area contributed by atoms with Crippen molar-refractivity contribution >= 4 is 17.5 Å². The summed E-state index contributed by atoms with van der Waals surface area (Å²) in [6.45, 7) is 0.250. The maximum absolute atomic E-state index is 11.6. The van der Waals surface area contributed by atoms with Crippen molar-refractivity contribution in [1.29, 1.82) is 0 Å². The van der Waals surface area contributed by atoms with Crippen LogP contribution in [0.1, 0.15) is 10.4 Å². The van der Waals surface area contributed by atoms with E-state index in [9.17, 15) is 4.79 Å². The third-order valence-electron chi connectivity index (χ3n) is 1.76. The van der Waals surface area contributed by atoms with Crippen LogP contribution in [0.15, 0.2) is 18.3 Å². The van der Waals surface area contributed by atoms with E-state index in [1.807, 2.05) is 0 Å². The van der Waals surface area contributed by atoms with Gasteiger partial charge in [-0.25, -0.2) is 4.98 Å². The summed E-state index contributed by atoms with van der Waals surface area (Å²) in [5.74, 6) is -0.177. The Morgan fingerprint density at radius 2 is 2.43 bits per heavy atom. The smallest absolute Gasteiger partial charge is 0.253 e. The van der Waals surface area contributed by atoms with Crippen LogP contribution in [0, 0.1) is 0 Å². The van der Waals surface area contributed by atoms with Crippen LogP contribution in [0.2, 0.25) is 5.15 Å². The second kappa shape index (κ2) is 4.93. The fourth-order valence-corrected chi connectivity index (χ4v) is 1.18. The minimum absolute atomic E-state index is 0.0545. The number of rotatable bonds is 3. The van der Waals surface area contributed by atoms with Crippen LogP contribution in [0.4, 0.5) is 0 Å². The number of hydrogen-bond acceptors (Lipinski definition) is 3. The fraction of sp³-hybridized carbons (Fsp3) is 0.333. The highest BCUT2D eigenvalue weighted by atomic mass is 35.5. The first-order valence-electron chi connectivity index (χ1n) is 4.13. The first-order valence-corrected chi connectivity index (χ1v) is 4.51. The van der Waals surface area contributed by atoms with Crippen molar-refractivity contribution in [1.82, 2.24) is 9.88 Å². The highest BCUT2D eigenvalue weighted by Gasteiger charge is 2.10. The van der Waals surface area contributed by atoms with Crippen LogP contribution in [-0.4, -0.2) is 41.1 Å². The predicted molar refractivity (Wildman–Crippen MR) is 53.3 cm³/mol. The molecule has 76 valence electrons. The van der Waals surface area contributed by atoms with Gasteiger partial charge in [0.2, 0.25) is 0 Å². The predicted octanol–water partition coefficient (Wildman–Crippen LogP) is 0.799. The Hall–Kier alpha value is -1.13. The summed E-state index contributed by atoms with van der Waals surface area (Å²) in [4.78, 5) is 16.8. The number of aliphatic hydroxyl groups is 1. The fourth-order valence-electron chi connectivity index (χ4n) is 1.01. The van der Waals surface area contributed by atoms with Crippen molar-refractivity contribution in [3.05, 3.63) is 29.0 Å². The van der Waals surface area contributed by atoms with Crippen molar-refractivity contribution in [2.24, 2.45) is 0 Å². The molecular weight excluding hydrogens is 204 g/mol. The molecule has 0 radical (unpaired) electrons. The molecule has 5 heteroatoms. The number of amides is 1. The summed E-state index contributed by atoms with van der Waals surface area (Å²) in [7, 11) is 1.62. The van der Waals surface area contributed by atoms with Gasteiger partial charge in [0.15, 0.2) is 0 Å². The van der Waals surface area contributed by atoms with Crippen LogP contribution in [0.3, 0.4) is 0 Å². The van der Waals surface area contributed by atoms with E-state index in [2.05, 4.69) is 4.98 Å². The number of carbonyl (C=O) groups is 1. The van der Waals surface area contributed by atoms with Gasteiger partial charge in [-0.05, 0) is 12.1 Å². The van der Waals surface area contributed by atoms with E-state index in [1.54, 1.807) is 13.1 Å². The molecule has 1 heterocycles. The molecule has 0 aliphatic heterocycles. The summed E-state index contributed by atoms with van der Waals surface area (Å²) in [5.41, 5.74) is 0.473. The van der Waals surface area contributed by atoms with E-state index in [1.165, 1.54) is 17.2 Å². The van der Waals surface area contributed by atoms with E-state index in [0.29, 0.717) is 12.1 Å². The number of likely N-dealkylation sites (N-methyl/N-ethyl adjacent to an activating group) is 1. The Morgan fingerprint density at radius 1 is 1.71 bits per heavy atom. The SMILES string of the molecule is CN(CCO)C(=O)c1ccnc(Cl)c1. The average Bonchev–Trinajstić information content (AvgIpc) is 2.17. The molecule has 0 aliphatic rings. The zero-order valence-electron chi connectivity index (χ0n) is 7.77. The Labute approximate surface area is 87.1 Å². The van der Waals surface area contributed by atoms with Crippen LogP contribution < -0.4 is 0 Å². The number of nitrogens with zero attached hydrogens (tertiary/aromatic N) is 2. The molecule has 0 saturated heterocycles. The lowest BCUT2D eigenvalue weighted by Crippen LogP contribution is -2.29. The zero-order valence-corrected chi connectivity index (χ0v) is 8.53. The molecule has 1 N–H and O–H groups in total. The first kappa shape index (κ1) is 10.9. The van der Waals surface area contributed by atoms with Crippen molar-refractivity contribution in [2.45, 2.75) is 0 Å². The molecular formula is C9H11ClN2O2. The van der Waals surface area contributed by atoms with E-state index in [4.69, 9.17) is 16.7 Å². The van der Waals surface area contributed by atoms with Crippen molar-refractivity contribution in [2.75, 3.05) is 20.2 Å². The van der Waals surface area contributed by atoms with Gasteiger partial charge in [0.05, 0.1) is 6.61 Å². The minimum Gasteiger partial charge on any atom is -0.395 e. The van der Waals surface area contributed by atoms with Crippen LogP contribution in [0.25, 0.3) is 0 Å². The van der Waals surface area contributed by atoms with Gasteiger partial charge < -0.3 is 10.0 Å². The van der Waals surface area contributed by atoms with Crippen LogP contribution in [-0.2, 0) is 0 Å². The molecule has 0 aromatic carbocycles. The van der Waals surface area contributed by atoms with Crippen molar-refractivity contribution in [3.63, 3.8) is 0 Å². The Bertz CT molecular complexity index is 330. The maximum Gasteiger partial charge on any atom is 0.253 e. The number of aliphatic hydroxyl groups excluding tert-OH is 1. The summed E-state index contributed by atoms with van der Waals surface area (Å²) >= 11 is 5.64. The molecule has 0 spiro atoms. The molecule has 0 saturated carbocycles. The molecule has 0 bridgehead atoms. The standard InChI is InChI=1S/C9H11ClN2O2/c1-12(4-5-13)9(14)7-2-3-11-8(10)6-7/h2-3,6,13H,4-5H2,1H3. The molecule has 4 nitrogen and oxygen atoms in total. The van der Waals surface area contributed by atoms with E-state index in [0.717, 1.165) is 0 Å². The largest absolute Gasteiger partial charge is 0.395 e. The number of hydrogen-bond donors (Lipinski definition) is 1. The van der Waals surface area contributed by atoms with Crippen LogP contribution in [0.5, 0.6) is 0 Å². The second-order valence-corrected chi connectivity index (χ2v) is 3.20. The average molecular weight is 215 g/mol. The molecule has 0 atom stereocenters. The summed E-state index contributed by atoms with van der Waals surface area (Å²) < 4.78 is 0. The third kappa shape index (κ3) is 2.68. The van der Waals surface area contributed by atoms with Crippen LogP contribution >= 0.6 is 11.6 Å². The molecule has 1 rings (SSSR count). The van der Waals surface area contributed by atoms with E-state index < -0.39 is 0 Å². The normalized spacial score (nSPS) is 9.93. The monoisotopic (exact) mass is 214 g/mol. The zero-order chi connectivity index (χ0) is 10.6. The number of carbonyl (C=O) groups excluding carboxylic acids is 1. The minimum atomic E-state index is -0.177. The molecule has 14 heavy (non-hydrogen) atoms. The lowest BCUT2D eigenvalue weighted by molar-refractivity contribution is 0.0767. The van der Waals surface area contributed by atoms with Gasteiger partial charge in [-0.1, -0.05) is 11.6 Å². The summed E-state index contributed by atoms with van der Waals surface area (Å²) in [6.07, 6.45) is 1.47. The molecule has 0 aliphatic carbocycles. The third-order valence-corrected chi connectivity index (χ3v) is 1.96. The first-order chi connectivity index (χ1) is 6.65. The maximum atomic E-state index is 11.6. The van der Waals surface area contributed by atoms with E-state index in [-0.39, 0.29) is 17.7 Å². The van der Waals surface area contributed by atoms with E-state index >= 15 is 0 Å². The molecule has 1 amide bonds. The lowest BCUT2D eigenvalue weighted by Gasteiger charge is -2.15. The number of halogens is 1. The van der Waals surface area contributed by atoms with Gasteiger partial charge >= 0.3 is 0 Å². The van der Waals surface area contributed by atoms with Gasteiger partial charge in [-0.15, -0.1) is 0 Å². The Kier molecular flexibility index (Phi) is 3.85. The number of aromatic nitrogens is 1. The molecule has 1 aromatic heterocycles. The lowest BCUT2D eigenvalue weighted by atomic mass is 10.2. The van der Waals surface area contributed by atoms with Gasteiger partial charge in [0.25, 0.3) is 5.91 Å². The van der Waals surface area contributed by atoms with Crippen molar-refractivity contribution in [3.8, 4) is 0 Å². The molecule has 1 aromatic rings. The Morgan fingerprint density at radius 3 is 3.00 bits per heavy atom. The van der Waals surface area contributed by atoms with Crippen molar-refractivity contribution < 1.29 is 9.90 Å². The van der Waals surface area contributed by atoms with Gasteiger partial charge in [0.1, 0.15) is 5.15 Å². The Balaban J connectivity index is 2.78. The number of pyridine rings is 1. The highest BCUT2D eigenvalue weighted by Crippen LogP contribution is 2.08. The molecule has 0 unspecified atom stereocenters. The summed E-state index contributed by atoms with van der Waals surface area (Å²) in [6, 6.07) is 3.08. The van der Waals surface area contributed by atoms with Gasteiger partial charge in [0, 0.05) is 25.4 Å². The van der Waals surface area contributed by atoms with Gasteiger partial charge in [-0.3, -0.25) is 4.79 Å². The topological polar surface area (TPSA) is 53.4 Å².